The van der Waals surface area contributed by atoms with Crippen molar-refractivity contribution in [3.8, 4) is 11.1 Å². The number of hydrogen-bond donors (Lipinski definition) is 1. The zero-order valence-corrected chi connectivity index (χ0v) is 13.2. The van der Waals surface area contributed by atoms with Gasteiger partial charge in [-0.15, -0.1) is 0 Å². The van der Waals surface area contributed by atoms with E-state index in [2.05, 4.69) is 62.4 Å². The Balaban J connectivity index is 0.00000121. The summed E-state index contributed by atoms with van der Waals surface area (Å²) in [4.78, 5) is 0. The van der Waals surface area contributed by atoms with Gasteiger partial charge in [0.1, 0.15) is 0 Å². The molecule has 1 aliphatic rings. The van der Waals surface area contributed by atoms with Gasteiger partial charge in [-0.1, -0.05) is 68.0 Å². The first kappa shape index (κ1) is 16.1. The Labute approximate surface area is 140 Å². The summed E-state index contributed by atoms with van der Waals surface area (Å²) < 4.78 is 0. The van der Waals surface area contributed by atoms with Crippen LogP contribution in [0.15, 0.2) is 48.0 Å². The van der Waals surface area contributed by atoms with E-state index in [0.717, 1.165) is 6.42 Å². The number of fused-ring (bicyclic) bond motifs is 1. The Kier molecular flexibility index (Phi) is 5.12. The first-order valence-electron chi connectivity index (χ1n) is 7.31. The Morgan fingerprint density at radius 2 is 1.76 bits per heavy atom. The third-order valence-corrected chi connectivity index (χ3v) is 4.19. The van der Waals surface area contributed by atoms with E-state index in [1.165, 1.54) is 33.4 Å². The van der Waals surface area contributed by atoms with E-state index in [0.29, 0.717) is 12.5 Å². The van der Waals surface area contributed by atoms with Gasteiger partial charge < -0.3 is 7.16 Å². The minimum atomic E-state index is 0. The van der Waals surface area contributed by atoms with Crippen LogP contribution in [0.3, 0.4) is 0 Å². The second-order valence-electron chi connectivity index (χ2n) is 5.79. The van der Waals surface area contributed by atoms with Gasteiger partial charge in [0.05, 0.1) is 0 Å². The molecule has 0 aromatic heterocycles. The fourth-order valence-electron chi connectivity index (χ4n) is 2.96. The first-order chi connectivity index (χ1) is 9.70. The van der Waals surface area contributed by atoms with Crippen LogP contribution in [0.1, 0.15) is 32.0 Å². The number of rotatable bonds is 3. The van der Waals surface area contributed by atoms with Crippen LogP contribution in [0.4, 0.5) is 0 Å². The topological polar surface area (TPSA) is 26.0 Å². The zero-order chi connectivity index (χ0) is 14.1. The van der Waals surface area contributed by atoms with Crippen molar-refractivity contribution in [3.05, 3.63) is 64.7 Å². The average Bonchev–Trinajstić information content (AvgIpc) is 2.91. The summed E-state index contributed by atoms with van der Waals surface area (Å²) in [5, 5.41) is 0. The van der Waals surface area contributed by atoms with Crippen LogP contribution in [0, 0.1) is 5.92 Å². The molecule has 0 unspecified atom stereocenters. The van der Waals surface area contributed by atoms with Crippen molar-refractivity contribution in [3.63, 3.8) is 0 Å². The summed E-state index contributed by atoms with van der Waals surface area (Å²) in [5.74, 6) is 0.611. The fourth-order valence-corrected chi connectivity index (χ4v) is 2.96. The second-order valence-corrected chi connectivity index (χ2v) is 5.79. The van der Waals surface area contributed by atoms with Crippen LogP contribution in [-0.4, -0.2) is 0 Å². The van der Waals surface area contributed by atoms with Crippen LogP contribution < -0.4 is 24.6 Å². The molecule has 0 heterocycles. The Morgan fingerprint density at radius 3 is 2.48 bits per heavy atom. The standard InChI is InChI=1S/C19H21N.Li.H/c1-13(2)16-10-14-7-5-9-18(19(14)11-16)17-8-4-3-6-15(17)12-20;;/h3-9,11,13H,10,12,20H2,1-2H3;;/q;+1;-1. The minimum absolute atomic E-state index is 0. The van der Waals surface area contributed by atoms with Crippen molar-refractivity contribution in [2.45, 2.75) is 26.8 Å². The van der Waals surface area contributed by atoms with Crippen LogP contribution in [-0.2, 0) is 13.0 Å². The molecule has 0 saturated carbocycles. The quantitative estimate of drug-likeness (QED) is 0.842. The maximum absolute atomic E-state index is 5.89. The van der Waals surface area contributed by atoms with E-state index in [-0.39, 0.29) is 20.3 Å². The molecule has 3 rings (SSSR count). The SMILES string of the molecule is CC(C)C1=Cc2c(cccc2-c2ccccc2CN)C1.[H-].[Li+]. The molecule has 0 aliphatic heterocycles. The third kappa shape index (κ3) is 3.01. The summed E-state index contributed by atoms with van der Waals surface area (Å²) >= 11 is 0. The normalized spacial score (nSPS) is 12.9. The summed E-state index contributed by atoms with van der Waals surface area (Å²) in [6.07, 6.45) is 3.47. The molecule has 2 aromatic rings. The summed E-state index contributed by atoms with van der Waals surface area (Å²) in [6.45, 7) is 5.12. The van der Waals surface area contributed by atoms with Crippen molar-refractivity contribution in [2.75, 3.05) is 0 Å². The molecule has 2 N–H and O–H groups in total. The maximum Gasteiger partial charge on any atom is 1.00 e. The van der Waals surface area contributed by atoms with E-state index in [1.54, 1.807) is 0 Å². The number of allylic oxidation sites excluding steroid dienone is 1. The van der Waals surface area contributed by atoms with E-state index in [1.807, 2.05) is 0 Å². The van der Waals surface area contributed by atoms with E-state index >= 15 is 0 Å². The maximum atomic E-state index is 5.89. The molecular weight excluding hydrogens is 249 g/mol. The van der Waals surface area contributed by atoms with Crippen LogP contribution in [0.2, 0.25) is 0 Å². The fraction of sp³-hybridized carbons (Fsp3) is 0.263. The summed E-state index contributed by atoms with van der Waals surface area (Å²) in [5.41, 5.74) is 14.1. The third-order valence-electron chi connectivity index (χ3n) is 4.19. The van der Waals surface area contributed by atoms with E-state index in [4.69, 9.17) is 5.73 Å². The molecule has 0 radical (unpaired) electrons. The van der Waals surface area contributed by atoms with Crippen molar-refractivity contribution < 1.29 is 20.3 Å². The predicted octanol–water partition coefficient (Wildman–Crippen LogP) is 1.52. The van der Waals surface area contributed by atoms with Crippen molar-refractivity contribution in [2.24, 2.45) is 11.7 Å². The summed E-state index contributed by atoms with van der Waals surface area (Å²) in [6, 6.07) is 15.1. The first-order valence-corrected chi connectivity index (χ1v) is 7.31. The molecular formula is C19H22LiN. The van der Waals surface area contributed by atoms with Gasteiger partial charge in [-0.3, -0.25) is 0 Å². The molecule has 0 fully saturated rings. The van der Waals surface area contributed by atoms with Gasteiger partial charge in [0, 0.05) is 6.54 Å². The van der Waals surface area contributed by atoms with Gasteiger partial charge in [0.25, 0.3) is 0 Å². The largest absolute Gasteiger partial charge is 1.00 e. The van der Waals surface area contributed by atoms with Gasteiger partial charge in [-0.25, -0.2) is 0 Å². The number of hydrogen-bond acceptors (Lipinski definition) is 1. The van der Waals surface area contributed by atoms with Crippen LogP contribution >= 0.6 is 0 Å². The van der Waals surface area contributed by atoms with Crippen molar-refractivity contribution in [1.82, 2.24) is 0 Å². The molecule has 0 amide bonds. The minimum Gasteiger partial charge on any atom is -1.00 e. The average molecular weight is 271 g/mol. The summed E-state index contributed by atoms with van der Waals surface area (Å²) in [7, 11) is 0. The number of nitrogens with two attached hydrogens (primary N) is 1. The van der Waals surface area contributed by atoms with Crippen molar-refractivity contribution in [1.29, 1.82) is 0 Å². The Hall–Kier alpha value is -1.26. The molecule has 21 heavy (non-hydrogen) atoms. The molecule has 0 saturated heterocycles. The molecule has 0 bridgehead atoms. The second kappa shape index (κ2) is 6.67. The van der Waals surface area contributed by atoms with Crippen LogP contribution in [0.25, 0.3) is 17.2 Å². The molecule has 1 nitrogen and oxygen atoms in total. The molecule has 104 valence electrons. The zero-order valence-electron chi connectivity index (χ0n) is 14.2. The van der Waals surface area contributed by atoms with Crippen LogP contribution in [0.5, 0.6) is 0 Å². The Morgan fingerprint density at radius 1 is 1.05 bits per heavy atom. The molecule has 1 aliphatic carbocycles. The van der Waals surface area contributed by atoms with Crippen molar-refractivity contribution >= 4 is 6.08 Å². The molecule has 2 heteroatoms. The van der Waals surface area contributed by atoms with E-state index < -0.39 is 0 Å². The Bertz CT molecular complexity index is 677. The van der Waals surface area contributed by atoms with Gasteiger partial charge >= 0.3 is 18.9 Å². The van der Waals surface area contributed by atoms with Gasteiger partial charge in [-0.2, -0.15) is 0 Å². The number of benzene rings is 2. The molecule has 0 spiro atoms. The molecule has 0 atom stereocenters. The monoisotopic (exact) mass is 271 g/mol. The predicted molar refractivity (Wildman–Crippen MR) is 87.4 cm³/mol. The van der Waals surface area contributed by atoms with Gasteiger partial charge in [0.15, 0.2) is 0 Å². The van der Waals surface area contributed by atoms with Gasteiger partial charge in [0.2, 0.25) is 0 Å². The molecule has 2 aromatic carbocycles. The smallest absolute Gasteiger partial charge is 1.00 e. The van der Waals surface area contributed by atoms with E-state index in [9.17, 15) is 0 Å². The van der Waals surface area contributed by atoms with Gasteiger partial charge in [-0.05, 0) is 40.2 Å².